The van der Waals surface area contributed by atoms with Gasteiger partial charge in [0.25, 0.3) is 0 Å². The third kappa shape index (κ3) is 4.32. The zero-order chi connectivity index (χ0) is 12.2. The van der Waals surface area contributed by atoms with Gasteiger partial charge in [-0.25, -0.2) is 8.42 Å². The second-order valence-corrected chi connectivity index (χ2v) is 6.30. The molecule has 0 radical (unpaired) electrons. The quantitative estimate of drug-likeness (QED) is 0.730. The van der Waals surface area contributed by atoms with Gasteiger partial charge in [-0.1, -0.05) is 0 Å². The highest BCUT2D eigenvalue weighted by atomic mass is 32.2. The molecule has 0 spiro atoms. The summed E-state index contributed by atoms with van der Waals surface area (Å²) in [7, 11) is -0.924. The van der Waals surface area contributed by atoms with Gasteiger partial charge in [-0.15, -0.1) is 0 Å². The van der Waals surface area contributed by atoms with Gasteiger partial charge in [-0.3, -0.25) is 4.68 Å². The SMILES string of the molecule is Cc1c(CNCCCS(C)(=O)=O)cnn1C. The fourth-order valence-corrected chi connectivity index (χ4v) is 2.07. The smallest absolute Gasteiger partial charge is 0.147 e. The molecule has 6 heteroatoms. The standard InChI is InChI=1S/C10H19N3O2S/c1-9-10(8-12-13(9)2)7-11-5-4-6-16(3,14)15/h8,11H,4-7H2,1-3H3. The van der Waals surface area contributed by atoms with Gasteiger partial charge >= 0.3 is 0 Å². The van der Waals surface area contributed by atoms with Gasteiger partial charge in [0, 0.05) is 31.1 Å². The number of hydrogen-bond donors (Lipinski definition) is 1. The molecule has 1 heterocycles. The van der Waals surface area contributed by atoms with Crippen LogP contribution in [-0.2, 0) is 23.4 Å². The summed E-state index contributed by atoms with van der Waals surface area (Å²) in [6.07, 6.45) is 3.75. The molecule has 0 aliphatic carbocycles. The van der Waals surface area contributed by atoms with Crippen molar-refractivity contribution in [1.29, 1.82) is 0 Å². The van der Waals surface area contributed by atoms with Crippen LogP contribution in [0.5, 0.6) is 0 Å². The second-order valence-electron chi connectivity index (χ2n) is 4.04. The molecule has 92 valence electrons. The average Bonchev–Trinajstić information content (AvgIpc) is 2.47. The molecule has 1 N–H and O–H groups in total. The van der Waals surface area contributed by atoms with E-state index >= 15 is 0 Å². The minimum absolute atomic E-state index is 0.242. The summed E-state index contributed by atoms with van der Waals surface area (Å²) in [5.74, 6) is 0.242. The third-order valence-corrected chi connectivity index (χ3v) is 3.55. The van der Waals surface area contributed by atoms with Crippen molar-refractivity contribution in [2.75, 3.05) is 18.6 Å². The molecular formula is C10H19N3O2S. The predicted molar refractivity (Wildman–Crippen MR) is 64.0 cm³/mol. The van der Waals surface area contributed by atoms with Crippen molar-refractivity contribution in [3.63, 3.8) is 0 Å². The molecule has 5 nitrogen and oxygen atoms in total. The second kappa shape index (κ2) is 5.45. The first kappa shape index (κ1) is 13.2. The Morgan fingerprint density at radius 2 is 2.19 bits per heavy atom. The van der Waals surface area contributed by atoms with E-state index in [1.54, 1.807) is 0 Å². The van der Waals surface area contributed by atoms with Crippen LogP contribution in [0, 0.1) is 6.92 Å². The molecule has 0 saturated heterocycles. The van der Waals surface area contributed by atoms with Crippen LogP contribution >= 0.6 is 0 Å². The van der Waals surface area contributed by atoms with E-state index in [4.69, 9.17) is 0 Å². The van der Waals surface area contributed by atoms with E-state index in [0.29, 0.717) is 13.0 Å². The molecule has 0 bridgehead atoms. The van der Waals surface area contributed by atoms with Crippen LogP contribution in [0.1, 0.15) is 17.7 Å². The van der Waals surface area contributed by atoms with Crippen molar-refractivity contribution >= 4 is 9.84 Å². The Hall–Kier alpha value is -0.880. The summed E-state index contributed by atoms with van der Waals surface area (Å²) < 4.78 is 23.6. The molecule has 16 heavy (non-hydrogen) atoms. The lowest BCUT2D eigenvalue weighted by Crippen LogP contribution is -2.18. The number of aromatic nitrogens is 2. The topological polar surface area (TPSA) is 64.0 Å². The highest BCUT2D eigenvalue weighted by Gasteiger charge is 2.03. The third-order valence-electron chi connectivity index (χ3n) is 2.52. The molecule has 1 aromatic rings. The molecule has 0 atom stereocenters. The summed E-state index contributed by atoms with van der Waals surface area (Å²) in [6.45, 7) is 3.46. The first-order valence-corrected chi connectivity index (χ1v) is 7.32. The van der Waals surface area contributed by atoms with Crippen LogP contribution in [0.15, 0.2) is 6.20 Å². The van der Waals surface area contributed by atoms with Crippen LogP contribution < -0.4 is 5.32 Å². The first-order chi connectivity index (χ1) is 7.40. The highest BCUT2D eigenvalue weighted by molar-refractivity contribution is 7.90. The van der Waals surface area contributed by atoms with E-state index in [2.05, 4.69) is 10.4 Å². The molecule has 0 saturated carbocycles. The van der Waals surface area contributed by atoms with Crippen molar-refractivity contribution in [3.05, 3.63) is 17.5 Å². The molecule has 0 fully saturated rings. The van der Waals surface area contributed by atoms with Gasteiger partial charge in [0.15, 0.2) is 0 Å². The zero-order valence-corrected chi connectivity index (χ0v) is 10.8. The monoisotopic (exact) mass is 245 g/mol. The Bertz CT molecular complexity index is 437. The lowest BCUT2D eigenvalue weighted by molar-refractivity contribution is 0.594. The molecule has 0 aliphatic rings. The number of aryl methyl sites for hydroxylation is 1. The minimum atomic E-state index is -2.83. The van der Waals surface area contributed by atoms with Crippen LogP contribution in [0.25, 0.3) is 0 Å². The maximum atomic E-state index is 10.9. The molecule has 1 aromatic heterocycles. The molecule has 0 amide bonds. The molecule has 0 aliphatic heterocycles. The van der Waals surface area contributed by atoms with E-state index in [1.807, 2.05) is 24.9 Å². The number of hydrogen-bond acceptors (Lipinski definition) is 4. The van der Waals surface area contributed by atoms with Gasteiger partial charge in [-0.05, 0) is 19.9 Å². The summed E-state index contributed by atoms with van der Waals surface area (Å²) in [6, 6.07) is 0. The maximum absolute atomic E-state index is 10.9. The zero-order valence-electron chi connectivity index (χ0n) is 10.0. The van der Waals surface area contributed by atoms with Crippen molar-refractivity contribution in [2.45, 2.75) is 19.9 Å². The Morgan fingerprint density at radius 3 is 2.69 bits per heavy atom. The van der Waals surface area contributed by atoms with E-state index in [1.165, 1.54) is 6.26 Å². The van der Waals surface area contributed by atoms with E-state index < -0.39 is 9.84 Å². The number of sulfone groups is 1. The summed E-state index contributed by atoms with van der Waals surface area (Å²) in [5, 5.41) is 7.35. The Kier molecular flexibility index (Phi) is 4.49. The number of nitrogens with one attached hydrogen (secondary N) is 1. The van der Waals surface area contributed by atoms with Crippen LogP contribution in [-0.4, -0.2) is 36.8 Å². The number of nitrogens with zero attached hydrogens (tertiary/aromatic N) is 2. The van der Waals surface area contributed by atoms with Crippen molar-refractivity contribution < 1.29 is 8.42 Å². The molecule has 0 unspecified atom stereocenters. The lowest BCUT2D eigenvalue weighted by Gasteiger charge is -2.03. The normalized spacial score (nSPS) is 11.9. The van der Waals surface area contributed by atoms with Crippen LogP contribution in [0.3, 0.4) is 0 Å². The van der Waals surface area contributed by atoms with E-state index in [9.17, 15) is 8.42 Å². The predicted octanol–water partition coefficient (Wildman–Crippen LogP) is 0.253. The summed E-state index contributed by atoms with van der Waals surface area (Å²) in [5.41, 5.74) is 2.29. The van der Waals surface area contributed by atoms with Crippen molar-refractivity contribution in [3.8, 4) is 0 Å². The fourth-order valence-electron chi connectivity index (χ4n) is 1.40. The van der Waals surface area contributed by atoms with Crippen LogP contribution in [0.4, 0.5) is 0 Å². The van der Waals surface area contributed by atoms with Crippen molar-refractivity contribution in [1.82, 2.24) is 15.1 Å². The minimum Gasteiger partial charge on any atom is -0.313 e. The summed E-state index contributed by atoms with van der Waals surface area (Å²) >= 11 is 0. The van der Waals surface area contributed by atoms with Gasteiger partial charge in [0.05, 0.1) is 11.9 Å². The summed E-state index contributed by atoms with van der Waals surface area (Å²) in [4.78, 5) is 0. The lowest BCUT2D eigenvalue weighted by atomic mass is 10.2. The number of rotatable bonds is 6. The van der Waals surface area contributed by atoms with Gasteiger partial charge < -0.3 is 5.32 Å². The molecule has 0 aromatic carbocycles. The van der Waals surface area contributed by atoms with E-state index in [0.717, 1.165) is 17.8 Å². The average molecular weight is 245 g/mol. The Labute approximate surface area is 96.8 Å². The fraction of sp³-hybridized carbons (Fsp3) is 0.700. The largest absolute Gasteiger partial charge is 0.313 e. The first-order valence-electron chi connectivity index (χ1n) is 5.26. The van der Waals surface area contributed by atoms with Gasteiger partial charge in [-0.2, -0.15) is 5.10 Å². The highest BCUT2D eigenvalue weighted by Crippen LogP contribution is 2.04. The van der Waals surface area contributed by atoms with Gasteiger partial charge in [0.2, 0.25) is 0 Å². The Balaban J connectivity index is 2.24. The Morgan fingerprint density at radius 1 is 1.50 bits per heavy atom. The van der Waals surface area contributed by atoms with Gasteiger partial charge in [0.1, 0.15) is 9.84 Å². The van der Waals surface area contributed by atoms with E-state index in [-0.39, 0.29) is 5.75 Å². The maximum Gasteiger partial charge on any atom is 0.147 e. The molecule has 1 rings (SSSR count). The van der Waals surface area contributed by atoms with Crippen LogP contribution in [0.2, 0.25) is 0 Å². The van der Waals surface area contributed by atoms with Crippen molar-refractivity contribution in [2.24, 2.45) is 7.05 Å². The molecular weight excluding hydrogens is 226 g/mol.